The Morgan fingerprint density at radius 3 is 2.13 bits per heavy atom. The minimum Gasteiger partial charge on any atom is -0.368 e. The number of rotatable bonds is 2. The normalized spacial score (nSPS) is 37.5. The molecule has 0 N–H and O–H groups in total. The van der Waals surface area contributed by atoms with Crippen LogP contribution in [0.1, 0.15) is 117 Å². The summed E-state index contributed by atoms with van der Waals surface area (Å²) in [4.78, 5) is 13.6. The van der Waals surface area contributed by atoms with Crippen molar-refractivity contribution in [3.63, 3.8) is 0 Å². The maximum absolute atomic E-state index is 13.6. The van der Waals surface area contributed by atoms with Crippen molar-refractivity contribution in [1.82, 2.24) is 14.3 Å². The molecule has 3 fully saturated rings. The van der Waals surface area contributed by atoms with Crippen molar-refractivity contribution in [2.75, 3.05) is 0 Å². The Hall–Kier alpha value is -1.10. The number of hydrogen-bond donors (Lipinski definition) is 0. The van der Waals surface area contributed by atoms with Crippen LogP contribution in [0.4, 0.5) is 0 Å². The van der Waals surface area contributed by atoms with Crippen LogP contribution in [0, 0.1) is 11.3 Å². The van der Waals surface area contributed by atoms with Crippen LogP contribution in [0.2, 0.25) is 0 Å². The fourth-order valence-electron chi connectivity index (χ4n) is 7.52. The summed E-state index contributed by atoms with van der Waals surface area (Å²) in [5, 5.41) is 4.95. The van der Waals surface area contributed by atoms with E-state index in [1.54, 1.807) is 0 Å². The first-order chi connectivity index (χ1) is 14.6. The van der Waals surface area contributed by atoms with Gasteiger partial charge in [-0.25, -0.2) is 9.48 Å². The third kappa shape index (κ3) is 3.83. The highest BCUT2D eigenvalue weighted by molar-refractivity contribution is 5.05. The lowest BCUT2D eigenvalue weighted by atomic mass is 9.68. The van der Waals surface area contributed by atoms with Gasteiger partial charge in [-0.3, -0.25) is 4.57 Å². The fraction of sp³-hybridized carbons (Fsp3) is 0.923. The van der Waals surface area contributed by atoms with Crippen molar-refractivity contribution in [2.24, 2.45) is 11.3 Å². The quantitative estimate of drug-likeness (QED) is 0.616. The molecule has 4 aliphatic rings. The van der Waals surface area contributed by atoms with Gasteiger partial charge in [0.05, 0.1) is 16.7 Å². The van der Waals surface area contributed by atoms with E-state index in [1.165, 1.54) is 64.2 Å². The molecular weight excluding hydrogens is 386 g/mol. The summed E-state index contributed by atoms with van der Waals surface area (Å²) in [6.45, 7) is 10.2. The average molecular weight is 430 g/mol. The number of aryl methyl sites for hydroxylation is 1. The topological polar surface area (TPSA) is 49.0 Å². The highest BCUT2D eigenvalue weighted by Gasteiger charge is 2.51. The standard InChI is InChI=1S/C26H43N3O2/c1-23(2)11-5-13-24(3,14-6-12-23)29-22(30)28-19-20(9-10-21(28)27-29)26-17-7-15-25(4,31-26)16-8-18-26/h20H,5-19H2,1-4H3. The molecule has 31 heavy (non-hydrogen) atoms. The van der Waals surface area contributed by atoms with Gasteiger partial charge in [0.25, 0.3) is 0 Å². The van der Waals surface area contributed by atoms with Crippen LogP contribution in [0.15, 0.2) is 4.79 Å². The first kappa shape index (κ1) is 21.7. The zero-order valence-corrected chi connectivity index (χ0v) is 20.3. The summed E-state index contributed by atoms with van der Waals surface area (Å²) in [6.07, 6.45) is 16.2. The van der Waals surface area contributed by atoms with Gasteiger partial charge in [0.15, 0.2) is 0 Å². The first-order valence-corrected chi connectivity index (χ1v) is 13.0. The third-order valence-electron chi connectivity index (χ3n) is 9.51. The summed E-state index contributed by atoms with van der Waals surface area (Å²) in [5.74, 6) is 1.46. The number of ether oxygens (including phenoxy) is 1. The van der Waals surface area contributed by atoms with E-state index in [0.717, 1.165) is 38.1 Å². The molecular formula is C26H43N3O2. The van der Waals surface area contributed by atoms with Crippen LogP contribution in [0.5, 0.6) is 0 Å². The van der Waals surface area contributed by atoms with E-state index in [2.05, 4.69) is 27.7 Å². The van der Waals surface area contributed by atoms with E-state index in [-0.39, 0.29) is 22.4 Å². The summed E-state index contributed by atoms with van der Waals surface area (Å²) in [7, 11) is 0. The molecule has 5 nitrogen and oxygen atoms in total. The summed E-state index contributed by atoms with van der Waals surface area (Å²) < 4.78 is 10.8. The second kappa shape index (κ2) is 7.46. The second-order valence-electron chi connectivity index (χ2n) is 12.6. The van der Waals surface area contributed by atoms with Crippen molar-refractivity contribution in [1.29, 1.82) is 0 Å². The van der Waals surface area contributed by atoms with Crippen molar-refractivity contribution in [3.8, 4) is 0 Å². The number of fused-ring (bicyclic) bond motifs is 3. The lowest BCUT2D eigenvalue weighted by Gasteiger charge is -2.55. The highest BCUT2D eigenvalue weighted by Crippen LogP contribution is 2.51. The largest absolute Gasteiger partial charge is 0.368 e. The molecule has 0 amide bonds. The molecule has 1 saturated carbocycles. The van der Waals surface area contributed by atoms with E-state index in [0.29, 0.717) is 11.3 Å². The van der Waals surface area contributed by atoms with Crippen molar-refractivity contribution >= 4 is 0 Å². The van der Waals surface area contributed by atoms with Crippen LogP contribution in [-0.2, 0) is 23.2 Å². The Balaban J connectivity index is 1.39. The Kier molecular flexibility index (Phi) is 5.23. The summed E-state index contributed by atoms with van der Waals surface area (Å²) in [6, 6.07) is 0. The predicted octanol–water partition coefficient (Wildman–Crippen LogP) is 5.58. The molecule has 1 atom stereocenters. The van der Waals surface area contributed by atoms with E-state index in [9.17, 15) is 4.79 Å². The van der Waals surface area contributed by atoms with E-state index in [4.69, 9.17) is 9.84 Å². The Morgan fingerprint density at radius 1 is 0.871 bits per heavy atom. The van der Waals surface area contributed by atoms with Gasteiger partial charge in [-0.15, -0.1) is 0 Å². The Bertz CT molecular complexity index is 858. The molecule has 0 spiro atoms. The zero-order chi connectivity index (χ0) is 21.9. The van der Waals surface area contributed by atoms with Crippen LogP contribution in [0.25, 0.3) is 0 Å². The molecule has 1 unspecified atom stereocenters. The molecule has 3 aliphatic heterocycles. The molecule has 5 heteroatoms. The van der Waals surface area contributed by atoms with Gasteiger partial charge in [0, 0.05) is 18.9 Å². The van der Waals surface area contributed by atoms with Gasteiger partial charge in [-0.2, -0.15) is 5.10 Å². The smallest absolute Gasteiger partial charge is 0.346 e. The molecule has 2 bridgehead atoms. The minimum atomic E-state index is -0.142. The van der Waals surface area contributed by atoms with Gasteiger partial charge < -0.3 is 4.74 Å². The molecule has 4 heterocycles. The molecule has 174 valence electrons. The first-order valence-electron chi connectivity index (χ1n) is 13.0. The molecule has 1 aromatic heterocycles. The summed E-state index contributed by atoms with van der Waals surface area (Å²) in [5.41, 5.74) is 0.469. The maximum Gasteiger partial charge on any atom is 0.346 e. The minimum absolute atomic E-state index is 0.0137. The lowest BCUT2D eigenvalue weighted by Crippen LogP contribution is -2.56. The maximum atomic E-state index is 13.6. The molecule has 2 saturated heterocycles. The lowest BCUT2D eigenvalue weighted by molar-refractivity contribution is -0.239. The van der Waals surface area contributed by atoms with Gasteiger partial charge in [0.2, 0.25) is 0 Å². The average Bonchev–Trinajstić information content (AvgIpc) is 3.03. The van der Waals surface area contributed by atoms with E-state index in [1.807, 2.05) is 9.25 Å². The van der Waals surface area contributed by atoms with Crippen LogP contribution in [-0.4, -0.2) is 25.5 Å². The molecule has 0 aromatic carbocycles. The van der Waals surface area contributed by atoms with Crippen molar-refractivity contribution in [2.45, 2.75) is 141 Å². The van der Waals surface area contributed by atoms with E-state index < -0.39 is 0 Å². The molecule has 0 radical (unpaired) electrons. The Morgan fingerprint density at radius 2 is 1.48 bits per heavy atom. The Labute approximate surface area is 187 Å². The van der Waals surface area contributed by atoms with Crippen LogP contribution < -0.4 is 5.69 Å². The van der Waals surface area contributed by atoms with Crippen molar-refractivity contribution < 1.29 is 4.74 Å². The summed E-state index contributed by atoms with van der Waals surface area (Å²) >= 11 is 0. The van der Waals surface area contributed by atoms with E-state index >= 15 is 0 Å². The highest BCUT2D eigenvalue weighted by atomic mass is 16.5. The predicted molar refractivity (Wildman–Crippen MR) is 123 cm³/mol. The van der Waals surface area contributed by atoms with Gasteiger partial charge in [0.1, 0.15) is 5.82 Å². The van der Waals surface area contributed by atoms with Gasteiger partial charge in [-0.1, -0.05) is 26.7 Å². The number of aromatic nitrogens is 3. The molecule has 1 aromatic rings. The van der Waals surface area contributed by atoms with Gasteiger partial charge in [-0.05, 0) is 89.9 Å². The monoisotopic (exact) mass is 429 g/mol. The van der Waals surface area contributed by atoms with Crippen LogP contribution >= 0.6 is 0 Å². The number of nitrogens with zero attached hydrogens (tertiary/aromatic N) is 3. The van der Waals surface area contributed by atoms with Gasteiger partial charge >= 0.3 is 5.69 Å². The molecule has 5 rings (SSSR count). The van der Waals surface area contributed by atoms with Crippen molar-refractivity contribution in [3.05, 3.63) is 16.3 Å². The SMILES string of the molecule is CC1(C)CCCC(C)(n2nc3n(c2=O)CC(C24CCCC(C)(CCC2)O4)CC3)CCC1. The number of hydrogen-bond acceptors (Lipinski definition) is 3. The second-order valence-corrected chi connectivity index (χ2v) is 12.6. The third-order valence-corrected chi connectivity index (χ3v) is 9.51. The zero-order valence-electron chi connectivity index (χ0n) is 20.3. The fourth-order valence-corrected chi connectivity index (χ4v) is 7.52. The van der Waals surface area contributed by atoms with Crippen LogP contribution in [0.3, 0.4) is 0 Å². The molecule has 1 aliphatic carbocycles.